The van der Waals surface area contributed by atoms with E-state index in [4.69, 9.17) is 0 Å². The third-order valence-electron chi connectivity index (χ3n) is 1.53. The highest BCUT2D eigenvalue weighted by Gasteiger charge is 1.91. The first-order valence-corrected chi connectivity index (χ1v) is 4.71. The van der Waals surface area contributed by atoms with Crippen LogP contribution in [0.25, 0.3) is 0 Å². The van der Waals surface area contributed by atoms with E-state index >= 15 is 0 Å². The summed E-state index contributed by atoms with van der Waals surface area (Å²) >= 11 is 0. The highest BCUT2D eigenvalue weighted by molar-refractivity contribution is 5.94. The molecule has 0 aromatic heterocycles. The van der Waals surface area contributed by atoms with Crippen LogP contribution in [0.2, 0.25) is 0 Å². The minimum atomic E-state index is 0.881. The average molecular weight is 168 g/mol. The van der Waals surface area contributed by atoms with Crippen molar-refractivity contribution in [3.63, 3.8) is 0 Å². The molecule has 0 aliphatic carbocycles. The Balaban J connectivity index is 3.72. The van der Waals surface area contributed by atoms with Crippen LogP contribution in [0.15, 0.2) is 17.1 Å². The Bertz CT molecular complexity index is 148. The summed E-state index contributed by atoms with van der Waals surface area (Å²) in [5.41, 5.74) is 1.20. The van der Waals surface area contributed by atoms with Gasteiger partial charge in [-0.05, 0) is 26.5 Å². The van der Waals surface area contributed by atoms with Gasteiger partial charge in [0.15, 0.2) is 0 Å². The standard InChI is InChI=1S/C10H20N2/c1-4-7-10(12-6-3)8-9-11-5-2/h4,7,11H,5-6,8-9H2,1-3H3/b7-4-,12-10?. The lowest BCUT2D eigenvalue weighted by Gasteiger charge is -2.01. The molecule has 0 spiro atoms. The van der Waals surface area contributed by atoms with E-state index in [0.717, 1.165) is 26.1 Å². The molecule has 2 nitrogen and oxygen atoms in total. The molecule has 0 aromatic rings. The van der Waals surface area contributed by atoms with Gasteiger partial charge in [0, 0.05) is 25.2 Å². The van der Waals surface area contributed by atoms with Crippen molar-refractivity contribution in [1.29, 1.82) is 0 Å². The summed E-state index contributed by atoms with van der Waals surface area (Å²) in [6.45, 7) is 9.15. The number of hydrogen-bond acceptors (Lipinski definition) is 2. The Morgan fingerprint density at radius 1 is 1.42 bits per heavy atom. The van der Waals surface area contributed by atoms with Crippen molar-refractivity contribution in [2.75, 3.05) is 19.6 Å². The maximum absolute atomic E-state index is 4.38. The zero-order valence-corrected chi connectivity index (χ0v) is 8.43. The SMILES string of the molecule is C/C=C\C(CCNCC)=NCC. The summed E-state index contributed by atoms with van der Waals surface area (Å²) in [5, 5.41) is 3.28. The topological polar surface area (TPSA) is 24.4 Å². The Morgan fingerprint density at radius 2 is 2.17 bits per heavy atom. The molecule has 0 amide bonds. The van der Waals surface area contributed by atoms with E-state index in [9.17, 15) is 0 Å². The van der Waals surface area contributed by atoms with E-state index in [-0.39, 0.29) is 0 Å². The van der Waals surface area contributed by atoms with Gasteiger partial charge in [-0.3, -0.25) is 4.99 Å². The molecule has 0 fully saturated rings. The number of aliphatic imine (C=N–C) groups is 1. The van der Waals surface area contributed by atoms with Crippen molar-refractivity contribution in [2.24, 2.45) is 4.99 Å². The summed E-state index contributed by atoms with van der Waals surface area (Å²) in [5.74, 6) is 0. The van der Waals surface area contributed by atoms with Crippen LogP contribution in [0.4, 0.5) is 0 Å². The van der Waals surface area contributed by atoms with E-state index in [2.05, 4.69) is 30.2 Å². The Kier molecular flexibility index (Phi) is 8.02. The zero-order chi connectivity index (χ0) is 9.23. The van der Waals surface area contributed by atoms with E-state index in [1.54, 1.807) is 0 Å². The van der Waals surface area contributed by atoms with E-state index in [1.165, 1.54) is 5.71 Å². The molecule has 0 radical (unpaired) electrons. The fraction of sp³-hybridized carbons (Fsp3) is 0.700. The van der Waals surface area contributed by atoms with Gasteiger partial charge >= 0.3 is 0 Å². The minimum absolute atomic E-state index is 0.881. The van der Waals surface area contributed by atoms with Gasteiger partial charge in [0.05, 0.1) is 0 Å². The van der Waals surface area contributed by atoms with Gasteiger partial charge in [0.1, 0.15) is 0 Å². The predicted octanol–water partition coefficient (Wildman–Crippen LogP) is 2.02. The molecule has 2 heteroatoms. The van der Waals surface area contributed by atoms with Crippen molar-refractivity contribution >= 4 is 5.71 Å². The van der Waals surface area contributed by atoms with Gasteiger partial charge in [0.25, 0.3) is 0 Å². The number of rotatable bonds is 6. The van der Waals surface area contributed by atoms with Gasteiger partial charge in [-0.2, -0.15) is 0 Å². The average Bonchev–Trinajstić information content (AvgIpc) is 2.06. The number of nitrogens with one attached hydrogen (secondary N) is 1. The molecule has 0 heterocycles. The summed E-state index contributed by atoms with van der Waals surface area (Å²) in [4.78, 5) is 4.38. The van der Waals surface area contributed by atoms with Crippen molar-refractivity contribution in [3.05, 3.63) is 12.2 Å². The molecular weight excluding hydrogens is 148 g/mol. The lowest BCUT2D eigenvalue weighted by atomic mass is 10.2. The first-order valence-electron chi connectivity index (χ1n) is 4.71. The molecule has 0 rings (SSSR count). The molecule has 12 heavy (non-hydrogen) atoms. The largest absolute Gasteiger partial charge is 0.317 e. The number of hydrogen-bond donors (Lipinski definition) is 1. The molecule has 70 valence electrons. The molecule has 0 atom stereocenters. The van der Waals surface area contributed by atoms with Gasteiger partial charge in [-0.15, -0.1) is 0 Å². The normalized spacial score (nSPS) is 12.8. The highest BCUT2D eigenvalue weighted by atomic mass is 14.8. The van der Waals surface area contributed by atoms with Crippen molar-refractivity contribution in [3.8, 4) is 0 Å². The van der Waals surface area contributed by atoms with Crippen LogP contribution in [0, 0.1) is 0 Å². The van der Waals surface area contributed by atoms with Crippen LogP contribution in [0.3, 0.4) is 0 Å². The summed E-state index contributed by atoms with van der Waals surface area (Å²) in [7, 11) is 0. The summed E-state index contributed by atoms with van der Waals surface area (Å²) in [6, 6.07) is 0. The lowest BCUT2D eigenvalue weighted by molar-refractivity contribution is 0.737. The zero-order valence-electron chi connectivity index (χ0n) is 8.43. The van der Waals surface area contributed by atoms with Crippen LogP contribution in [0.5, 0.6) is 0 Å². The molecule has 1 N–H and O–H groups in total. The number of nitrogens with zero attached hydrogens (tertiary/aromatic N) is 1. The Hall–Kier alpha value is -0.630. The molecule has 0 saturated heterocycles. The van der Waals surface area contributed by atoms with Crippen LogP contribution in [-0.4, -0.2) is 25.3 Å². The van der Waals surface area contributed by atoms with Gasteiger partial charge < -0.3 is 5.32 Å². The van der Waals surface area contributed by atoms with E-state index < -0.39 is 0 Å². The molecule has 0 aliphatic rings. The third-order valence-corrected chi connectivity index (χ3v) is 1.53. The summed E-state index contributed by atoms with van der Waals surface area (Å²) < 4.78 is 0. The first kappa shape index (κ1) is 11.4. The Morgan fingerprint density at radius 3 is 2.67 bits per heavy atom. The van der Waals surface area contributed by atoms with Crippen LogP contribution < -0.4 is 5.32 Å². The number of allylic oxidation sites excluding steroid dienone is 2. The van der Waals surface area contributed by atoms with Crippen molar-refractivity contribution in [2.45, 2.75) is 27.2 Å². The second-order valence-electron chi connectivity index (χ2n) is 2.57. The molecule has 0 aromatic carbocycles. The monoisotopic (exact) mass is 168 g/mol. The summed E-state index contributed by atoms with van der Waals surface area (Å²) in [6.07, 6.45) is 5.16. The predicted molar refractivity (Wildman–Crippen MR) is 56.0 cm³/mol. The molecule has 0 aliphatic heterocycles. The van der Waals surface area contributed by atoms with Gasteiger partial charge in [-0.25, -0.2) is 0 Å². The van der Waals surface area contributed by atoms with Gasteiger partial charge in [-0.1, -0.05) is 13.0 Å². The fourth-order valence-corrected chi connectivity index (χ4v) is 1.00. The van der Waals surface area contributed by atoms with Crippen LogP contribution in [-0.2, 0) is 0 Å². The second-order valence-corrected chi connectivity index (χ2v) is 2.57. The van der Waals surface area contributed by atoms with Crippen LogP contribution in [0.1, 0.15) is 27.2 Å². The lowest BCUT2D eigenvalue weighted by Crippen LogP contribution is -2.16. The van der Waals surface area contributed by atoms with Crippen LogP contribution >= 0.6 is 0 Å². The third kappa shape index (κ3) is 6.10. The molecular formula is C10H20N2. The maximum atomic E-state index is 4.38. The molecule has 0 bridgehead atoms. The fourth-order valence-electron chi connectivity index (χ4n) is 1.00. The van der Waals surface area contributed by atoms with E-state index in [1.807, 2.05) is 13.0 Å². The quantitative estimate of drug-likeness (QED) is 0.476. The minimum Gasteiger partial charge on any atom is -0.317 e. The first-order chi connectivity index (χ1) is 5.85. The van der Waals surface area contributed by atoms with Crippen molar-refractivity contribution in [1.82, 2.24) is 5.32 Å². The highest BCUT2D eigenvalue weighted by Crippen LogP contribution is 1.89. The van der Waals surface area contributed by atoms with Gasteiger partial charge in [0.2, 0.25) is 0 Å². The Labute approximate surface area is 75.8 Å². The maximum Gasteiger partial charge on any atom is 0.0364 e. The smallest absolute Gasteiger partial charge is 0.0364 e. The molecule has 0 unspecified atom stereocenters. The van der Waals surface area contributed by atoms with E-state index in [0.29, 0.717) is 0 Å². The van der Waals surface area contributed by atoms with Crippen molar-refractivity contribution < 1.29 is 0 Å². The molecule has 0 saturated carbocycles. The second kappa shape index (κ2) is 8.47.